The smallest absolute Gasteiger partial charge is 0.271 e. The first kappa shape index (κ1) is 16.7. The first-order valence-electron chi connectivity index (χ1n) is 7.89. The Labute approximate surface area is 137 Å². The Morgan fingerprint density at radius 2 is 1.65 bits per heavy atom. The van der Waals surface area contributed by atoms with E-state index in [1.165, 1.54) is 5.69 Å². The quantitative estimate of drug-likeness (QED) is 0.654. The Balaban J connectivity index is 1.95. The van der Waals surface area contributed by atoms with Gasteiger partial charge in [0.2, 0.25) is 0 Å². The monoisotopic (exact) mass is 309 g/mol. The minimum absolute atomic E-state index is 0.207. The maximum absolute atomic E-state index is 11.9. The van der Waals surface area contributed by atoms with Gasteiger partial charge in [0.25, 0.3) is 5.91 Å². The summed E-state index contributed by atoms with van der Waals surface area (Å²) in [5.41, 5.74) is 6.41. The highest BCUT2D eigenvalue weighted by Gasteiger charge is 2.03. The molecule has 0 aliphatic carbocycles. The summed E-state index contributed by atoms with van der Waals surface area (Å²) in [5, 5.41) is 4.02. The van der Waals surface area contributed by atoms with Crippen molar-refractivity contribution in [2.45, 2.75) is 20.8 Å². The Kier molecular flexibility index (Phi) is 5.92. The molecule has 1 N–H and O–H groups in total. The predicted octanol–water partition coefficient (Wildman–Crippen LogP) is 3.61. The Morgan fingerprint density at radius 1 is 1.04 bits per heavy atom. The highest BCUT2D eigenvalue weighted by Crippen LogP contribution is 2.13. The molecule has 0 fully saturated rings. The summed E-state index contributed by atoms with van der Waals surface area (Å²) in [6.07, 6.45) is 1.65. The van der Waals surface area contributed by atoms with Crippen LogP contribution >= 0.6 is 0 Å². The number of amides is 1. The van der Waals surface area contributed by atoms with E-state index < -0.39 is 0 Å². The number of hydrazone groups is 1. The number of benzene rings is 2. The fraction of sp³-hybridized carbons (Fsp3) is 0.263. The lowest BCUT2D eigenvalue weighted by atomic mass is 10.1. The van der Waals surface area contributed by atoms with Crippen molar-refractivity contribution in [3.8, 4) is 0 Å². The summed E-state index contributed by atoms with van der Waals surface area (Å²) in [7, 11) is 0. The highest BCUT2D eigenvalue weighted by atomic mass is 16.2. The molecule has 0 atom stereocenters. The van der Waals surface area contributed by atoms with Gasteiger partial charge in [0.05, 0.1) is 6.21 Å². The second-order valence-electron chi connectivity index (χ2n) is 5.33. The minimum atomic E-state index is -0.207. The third-order valence-corrected chi connectivity index (χ3v) is 3.72. The van der Waals surface area contributed by atoms with Crippen molar-refractivity contribution in [2.24, 2.45) is 5.10 Å². The van der Waals surface area contributed by atoms with Crippen LogP contribution in [-0.2, 0) is 0 Å². The SMILES string of the molecule is CCN(CC)c1ccc(C=NNC(=O)c2ccc(C)cc2)cc1. The van der Waals surface area contributed by atoms with Crippen molar-refractivity contribution in [3.63, 3.8) is 0 Å². The molecule has 4 nitrogen and oxygen atoms in total. The van der Waals surface area contributed by atoms with E-state index in [0.29, 0.717) is 5.56 Å². The topological polar surface area (TPSA) is 44.7 Å². The van der Waals surface area contributed by atoms with Gasteiger partial charge >= 0.3 is 0 Å². The molecule has 0 aromatic heterocycles. The highest BCUT2D eigenvalue weighted by molar-refractivity contribution is 5.94. The van der Waals surface area contributed by atoms with E-state index in [1.807, 2.05) is 31.2 Å². The largest absolute Gasteiger partial charge is 0.372 e. The van der Waals surface area contributed by atoms with Crippen LogP contribution in [0.4, 0.5) is 5.69 Å². The van der Waals surface area contributed by atoms with Gasteiger partial charge in [-0.3, -0.25) is 4.79 Å². The normalized spacial score (nSPS) is 10.7. The number of nitrogens with one attached hydrogen (secondary N) is 1. The summed E-state index contributed by atoms with van der Waals surface area (Å²) < 4.78 is 0. The number of rotatable bonds is 6. The number of carbonyl (C=O) groups excluding carboxylic acids is 1. The summed E-state index contributed by atoms with van der Waals surface area (Å²) in [5.74, 6) is -0.207. The van der Waals surface area contributed by atoms with Crippen LogP contribution in [0, 0.1) is 6.92 Å². The number of carbonyl (C=O) groups is 1. The van der Waals surface area contributed by atoms with Crippen molar-refractivity contribution >= 4 is 17.8 Å². The van der Waals surface area contributed by atoms with Crippen molar-refractivity contribution in [3.05, 3.63) is 65.2 Å². The van der Waals surface area contributed by atoms with Crippen LogP contribution in [0.5, 0.6) is 0 Å². The fourth-order valence-electron chi connectivity index (χ4n) is 2.29. The van der Waals surface area contributed by atoms with E-state index in [4.69, 9.17) is 0 Å². The maximum Gasteiger partial charge on any atom is 0.271 e. The lowest BCUT2D eigenvalue weighted by Gasteiger charge is -2.20. The van der Waals surface area contributed by atoms with E-state index in [2.05, 4.69) is 41.4 Å². The van der Waals surface area contributed by atoms with Gasteiger partial charge in [0.1, 0.15) is 0 Å². The van der Waals surface area contributed by atoms with Gasteiger partial charge in [0.15, 0.2) is 0 Å². The molecule has 4 heteroatoms. The lowest BCUT2D eigenvalue weighted by molar-refractivity contribution is 0.0955. The second kappa shape index (κ2) is 8.13. The van der Waals surface area contributed by atoms with Gasteiger partial charge in [-0.15, -0.1) is 0 Å². The average molecular weight is 309 g/mol. The second-order valence-corrected chi connectivity index (χ2v) is 5.33. The summed E-state index contributed by atoms with van der Waals surface area (Å²) in [6, 6.07) is 15.5. The van der Waals surface area contributed by atoms with Gasteiger partial charge in [0, 0.05) is 24.3 Å². The number of hydrogen-bond acceptors (Lipinski definition) is 3. The molecule has 0 aliphatic rings. The molecule has 0 spiro atoms. The summed E-state index contributed by atoms with van der Waals surface area (Å²) in [4.78, 5) is 14.2. The molecule has 2 aromatic carbocycles. The van der Waals surface area contributed by atoms with Crippen LogP contribution in [0.1, 0.15) is 35.3 Å². The van der Waals surface area contributed by atoms with E-state index in [1.54, 1.807) is 18.3 Å². The Bertz CT molecular complexity index is 656. The molecular weight excluding hydrogens is 286 g/mol. The van der Waals surface area contributed by atoms with Crippen molar-refractivity contribution in [1.82, 2.24) is 5.43 Å². The number of nitrogens with zero attached hydrogens (tertiary/aromatic N) is 2. The zero-order valence-electron chi connectivity index (χ0n) is 13.9. The molecule has 0 saturated heterocycles. The molecule has 120 valence electrons. The number of aryl methyl sites for hydroxylation is 1. The third kappa shape index (κ3) is 4.68. The zero-order valence-corrected chi connectivity index (χ0v) is 13.9. The van der Waals surface area contributed by atoms with Crippen LogP contribution < -0.4 is 10.3 Å². The molecule has 0 unspecified atom stereocenters. The zero-order chi connectivity index (χ0) is 16.7. The fourth-order valence-corrected chi connectivity index (χ4v) is 2.29. The molecule has 0 bridgehead atoms. The van der Waals surface area contributed by atoms with Crippen LogP contribution in [0.3, 0.4) is 0 Å². The molecule has 0 heterocycles. The molecule has 1 amide bonds. The van der Waals surface area contributed by atoms with Crippen LogP contribution in [0.2, 0.25) is 0 Å². The van der Waals surface area contributed by atoms with E-state index >= 15 is 0 Å². The third-order valence-electron chi connectivity index (χ3n) is 3.72. The van der Waals surface area contributed by atoms with Gasteiger partial charge in [-0.05, 0) is 50.6 Å². The summed E-state index contributed by atoms with van der Waals surface area (Å²) >= 11 is 0. The van der Waals surface area contributed by atoms with Gasteiger partial charge in [-0.1, -0.05) is 29.8 Å². The van der Waals surface area contributed by atoms with Crippen molar-refractivity contribution < 1.29 is 4.79 Å². The maximum atomic E-state index is 11.9. The van der Waals surface area contributed by atoms with Gasteiger partial charge < -0.3 is 4.90 Å². The minimum Gasteiger partial charge on any atom is -0.372 e. The first-order chi connectivity index (χ1) is 11.1. The number of anilines is 1. The van der Waals surface area contributed by atoms with Gasteiger partial charge in [-0.2, -0.15) is 5.10 Å². The number of hydrogen-bond donors (Lipinski definition) is 1. The van der Waals surface area contributed by atoms with Crippen LogP contribution in [-0.4, -0.2) is 25.2 Å². The van der Waals surface area contributed by atoms with Crippen LogP contribution in [0.25, 0.3) is 0 Å². The average Bonchev–Trinajstić information content (AvgIpc) is 2.58. The molecule has 0 aliphatic heterocycles. The Morgan fingerprint density at radius 3 is 2.22 bits per heavy atom. The van der Waals surface area contributed by atoms with E-state index in [0.717, 1.165) is 24.2 Å². The molecule has 2 aromatic rings. The van der Waals surface area contributed by atoms with Crippen molar-refractivity contribution in [2.75, 3.05) is 18.0 Å². The Hall–Kier alpha value is -2.62. The standard InChI is InChI=1S/C19H23N3O/c1-4-22(5-2)18-12-8-16(9-13-18)14-20-21-19(23)17-10-6-15(3)7-11-17/h6-14H,4-5H2,1-3H3,(H,21,23). The first-order valence-corrected chi connectivity index (χ1v) is 7.89. The molecular formula is C19H23N3O. The molecule has 23 heavy (non-hydrogen) atoms. The molecule has 0 radical (unpaired) electrons. The van der Waals surface area contributed by atoms with Crippen LogP contribution in [0.15, 0.2) is 53.6 Å². The molecule has 0 saturated carbocycles. The van der Waals surface area contributed by atoms with Gasteiger partial charge in [-0.25, -0.2) is 5.43 Å². The molecule has 2 rings (SSSR count). The lowest BCUT2D eigenvalue weighted by Crippen LogP contribution is -2.21. The van der Waals surface area contributed by atoms with E-state index in [9.17, 15) is 4.79 Å². The predicted molar refractivity (Wildman–Crippen MR) is 96.2 cm³/mol. The summed E-state index contributed by atoms with van der Waals surface area (Å²) in [6.45, 7) is 8.23. The van der Waals surface area contributed by atoms with Crippen molar-refractivity contribution in [1.29, 1.82) is 0 Å². The van der Waals surface area contributed by atoms with E-state index in [-0.39, 0.29) is 5.91 Å².